The molecule has 0 aromatic heterocycles. The van der Waals surface area contributed by atoms with E-state index in [1.165, 1.54) is 11.1 Å². The van der Waals surface area contributed by atoms with Gasteiger partial charge in [0.25, 0.3) is 0 Å². The highest BCUT2D eigenvalue weighted by molar-refractivity contribution is 5.81. The van der Waals surface area contributed by atoms with Gasteiger partial charge in [0, 0.05) is 26.2 Å². The van der Waals surface area contributed by atoms with Crippen molar-refractivity contribution in [3.8, 4) is 0 Å². The van der Waals surface area contributed by atoms with E-state index in [4.69, 9.17) is 0 Å². The van der Waals surface area contributed by atoms with Gasteiger partial charge in [-0.15, -0.1) is 0 Å². The Morgan fingerprint density at radius 3 is 2.19 bits per heavy atom. The van der Waals surface area contributed by atoms with Crippen LogP contribution in [0.3, 0.4) is 0 Å². The van der Waals surface area contributed by atoms with Gasteiger partial charge in [-0.3, -0.25) is 9.69 Å². The molecular formula is C12H14N2O2. The van der Waals surface area contributed by atoms with E-state index < -0.39 is 11.5 Å². The molecule has 0 atom stereocenters. The summed E-state index contributed by atoms with van der Waals surface area (Å²) in [7, 11) is 0. The number of hydrogen-bond donors (Lipinski definition) is 2. The molecule has 1 aromatic rings. The van der Waals surface area contributed by atoms with E-state index >= 15 is 0 Å². The first-order valence-electron chi connectivity index (χ1n) is 5.48. The van der Waals surface area contributed by atoms with Crippen LogP contribution in [0, 0.1) is 0 Å². The number of hydrogen-bond acceptors (Lipinski definition) is 3. The zero-order valence-electron chi connectivity index (χ0n) is 8.94. The van der Waals surface area contributed by atoms with Crippen molar-refractivity contribution >= 4 is 5.97 Å². The highest BCUT2D eigenvalue weighted by Gasteiger charge is 2.50. The molecule has 0 aliphatic carbocycles. The molecule has 4 heteroatoms. The molecule has 0 saturated carbocycles. The molecule has 0 unspecified atom stereocenters. The number of aliphatic carboxylic acids is 1. The molecule has 0 radical (unpaired) electrons. The van der Waals surface area contributed by atoms with Crippen LogP contribution in [0.4, 0.5) is 0 Å². The molecule has 2 N–H and O–H groups in total. The van der Waals surface area contributed by atoms with Crippen LogP contribution in [0.15, 0.2) is 24.3 Å². The van der Waals surface area contributed by atoms with Crippen molar-refractivity contribution in [2.75, 3.05) is 13.1 Å². The maximum Gasteiger partial charge on any atom is 0.326 e. The first kappa shape index (κ1) is 9.81. The summed E-state index contributed by atoms with van der Waals surface area (Å²) in [5.41, 5.74) is 1.84. The SMILES string of the molecule is O=C(O)C1(N2Cc3ccccc3C2)CNC1. The Morgan fingerprint density at radius 2 is 1.81 bits per heavy atom. The Labute approximate surface area is 93.9 Å². The molecule has 0 amide bonds. The first-order valence-corrected chi connectivity index (χ1v) is 5.48. The lowest BCUT2D eigenvalue weighted by Crippen LogP contribution is -2.71. The largest absolute Gasteiger partial charge is 0.480 e. The second-order valence-electron chi connectivity index (χ2n) is 4.57. The number of carbonyl (C=O) groups is 1. The molecule has 1 saturated heterocycles. The Kier molecular flexibility index (Phi) is 2.02. The van der Waals surface area contributed by atoms with Gasteiger partial charge in [0.15, 0.2) is 0 Å². The number of fused-ring (bicyclic) bond motifs is 1. The quantitative estimate of drug-likeness (QED) is 0.756. The normalized spacial score (nSPS) is 22.5. The monoisotopic (exact) mass is 218 g/mol. The molecule has 0 spiro atoms. The van der Waals surface area contributed by atoms with Crippen molar-refractivity contribution in [3.63, 3.8) is 0 Å². The summed E-state index contributed by atoms with van der Waals surface area (Å²) >= 11 is 0. The van der Waals surface area contributed by atoms with Gasteiger partial charge in [-0.05, 0) is 11.1 Å². The van der Waals surface area contributed by atoms with Crippen molar-refractivity contribution in [2.45, 2.75) is 18.6 Å². The Morgan fingerprint density at radius 1 is 1.25 bits per heavy atom. The molecule has 16 heavy (non-hydrogen) atoms. The van der Waals surface area contributed by atoms with Gasteiger partial charge >= 0.3 is 5.97 Å². The minimum absolute atomic E-state index is 0.552. The van der Waals surface area contributed by atoms with Crippen LogP contribution in [-0.4, -0.2) is 34.6 Å². The predicted molar refractivity (Wildman–Crippen MR) is 58.9 cm³/mol. The van der Waals surface area contributed by atoms with E-state index in [0.29, 0.717) is 13.1 Å². The predicted octanol–water partition coefficient (Wildman–Crippen LogP) is 0.429. The summed E-state index contributed by atoms with van der Waals surface area (Å²) in [6.07, 6.45) is 0. The lowest BCUT2D eigenvalue weighted by Gasteiger charge is -2.45. The third-order valence-corrected chi connectivity index (χ3v) is 3.68. The molecule has 1 fully saturated rings. The molecule has 84 valence electrons. The maximum atomic E-state index is 11.4. The topological polar surface area (TPSA) is 52.6 Å². The molecule has 2 heterocycles. The fourth-order valence-electron chi connectivity index (χ4n) is 2.51. The van der Waals surface area contributed by atoms with E-state index in [0.717, 1.165) is 13.1 Å². The summed E-state index contributed by atoms with van der Waals surface area (Å²) in [6.45, 7) is 2.61. The van der Waals surface area contributed by atoms with Gasteiger partial charge < -0.3 is 10.4 Å². The van der Waals surface area contributed by atoms with Crippen molar-refractivity contribution in [1.82, 2.24) is 10.2 Å². The molecular weight excluding hydrogens is 204 g/mol. The zero-order chi connectivity index (χ0) is 11.2. The van der Waals surface area contributed by atoms with Crippen LogP contribution in [0.25, 0.3) is 0 Å². The van der Waals surface area contributed by atoms with E-state index in [2.05, 4.69) is 22.3 Å². The average Bonchev–Trinajstić information content (AvgIpc) is 2.58. The van der Waals surface area contributed by atoms with E-state index in [-0.39, 0.29) is 0 Å². The fourth-order valence-corrected chi connectivity index (χ4v) is 2.51. The minimum Gasteiger partial charge on any atom is -0.480 e. The average molecular weight is 218 g/mol. The number of rotatable bonds is 2. The lowest BCUT2D eigenvalue weighted by molar-refractivity contribution is -0.156. The first-order chi connectivity index (χ1) is 7.72. The van der Waals surface area contributed by atoms with Crippen molar-refractivity contribution < 1.29 is 9.90 Å². The third kappa shape index (κ3) is 1.20. The highest BCUT2D eigenvalue weighted by atomic mass is 16.4. The second-order valence-corrected chi connectivity index (χ2v) is 4.57. The van der Waals surface area contributed by atoms with Crippen LogP contribution >= 0.6 is 0 Å². The number of carboxylic acids is 1. The van der Waals surface area contributed by atoms with Crippen molar-refractivity contribution in [3.05, 3.63) is 35.4 Å². The van der Waals surface area contributed by atoms with Crippen LogP contribution < -0.4 is 5.32 Å². The zero-order valence-corrected chi connectivity index (χ0v) is 8.94. The summed E-state index contributed by atoms with van der Waals surface area (Å²) in [4.78, 5) is 13.4. The minimum atomic E-state index is -0.709. The van der Waals surface area contributed by atoms with Crippen molar-refractivity contribution in [2.24, 2.45) is 0 Å². The maximum absolute atomic E-state index is 11.4. The van der Waals surface area contributed by atoms with Gasteiger partial charge in [-0.2, -0.15) is 0 Å². The molecule has 1 aromatic carbocycles. The van der Waals surface area contributed by atoms with Gasteiger partial charge in [0.05, 0.1) is 0 Å². The summed E-state index contributed by atoms with van der Waals surface area (Å²) in [6, 6.07) is 8.18. The highest BCUT2D eigenvalue weighted by Crippen LogP contribution is 2.31. The lowest BCUT2D eigenvalue weighted by atomic mass is 9.90. The van der Waals surface area contributed by atoms with Crippen molar-refractivity contribution in [1.29, 1.82) is 0 Å². The molecule has 0 bridgehead atoms. The second kappa shape index (κ2) is 3.30. The number of nitrogens with one attached hydrogen (secondary N) is 1. The van der Waals surface area contributed by atoms with E-state index in [9.17, 15) is 9.90 Å². The number of carboxylic acid groups (broad SMARTS) is 1. The number of nitrogens with zero attached hydrogens (tertiary/aromatic N) is 1. The van der Waals surface area contributed by atoms with Crippen LogP contribution in [0.2, 0.25) is 0 Å². The molecule has 2 aliphatic heterocycles. The smallest absolute Gasteiger partial charge is 0.326 e. The summed E-state index contributed by atoms with van der Waals surface area (Å²) in [5, 5.41) is 12.4. The molecule has 3 rings (SSSR count). The molecule has 4 nitrogen and oxygen atoms in total. The van der Waals surface area contributed by atoms with Gasteiger partial charge in [0.1, 0.15) is 5.54 Å². The fraction of sp³-hybridized carbons (Fsp3) is 0.417. The Balaban J connectivity index is 1.88. The summed E-state index contributed by atoms with van der Waals surface area (Å²) < 4.78 is 0. The van der Waals surface area contributed by atoms with E-state index in [1.54, 1.807) is 0 Å². The Bertz CT molecular complexity index is 415. The van der Waals surface area contributed by atoms with Gasteiger partial charge in [-0.25, -0.2) is 0 Å². The summed E-state index contributed by atoms with van der Waals surface area (Å²) in [5.74, 6) is -0.709. The van der Waals surface area contributed by atoms with Crippen LogP contribution in [-0.2, 0) is 17.9 Å². The van der Waals surface area contributed by atoms with Gasteiger partial charge in [-0.1, -0.05) is 24.3 Å². The standard InChI is InChI=1S/C12H14N2O2/c15-11(16)12(7-13-8-12)14-5-9-3-1-2-4-10(9)6-14/h1-4,13H,5-8H2,(H,15,16). The van der Waals surface area contributed by atoms with E-state index in [1.807, 2.05) is 12.1 Å². The Hall–Kier alpha value is -1.39. The van der Waals surface area contributed by atoms with Gasteiger partial charge in [0.2, 0.25) is 0 Å². The number of benzene rings is 1. The van der Waals surface area contributed by atoms with Crippen LogP contribution in [0.1, 0.15) is 11.1 Å². The third-order valence-electron chi connectivity index (χ3n) is 3.68. The van der Waals surface area contributed by atoms with Crippen LogP contribution in [0.5, 0.6) is 0 Å². The molecule has 2 aliphatic rings.